The van der Waals surface area contributed by atoms with E-state index in [-0.39, 0.29) is 0 Å². The fourth-order valence-corrected chi connectivity index (χ4v) is 3.14. The minimum atomic E-state index is 0.371. The van der Waals surface area contributed by atoms with E-state index in [4.69, 9.17) is 0 Å². The number of hydrogen-bond acceptors (Lipinski definition) is 3. The summed E-state index contributed by atoms with van der Waals surface area (Å²) in [6, 6.07) is 0.930. The molecule has 19 heavy (non-hydrogen) atoms. The molecule has 0 aliphatic carbocycles. The highest BCUT2D eigenvalue weighted by Gasteiger charge is 2.25. The van der Waals surface area contributed by atoms with Crippen molar-refractivity contribution in [2.24, 2.45) is 5.92 Å². The summed E-state index contributed by atoms with van der Waals surface area (Å²) in [6.07, 6.45) is 7.85. The zero-order chi connectivity index (χ0) is 13.7. The van der Waals surface area contributed by atoms with Crippen LogP contribution in [0.4, 0.5) is 0 Å². The van der Waals surface area contributed by atoms with Crippen molar-refractivity contribution in [1.29, 1.82) is 0 Å². The van der Waals surface area contributed by atoms with Crippen LogP contribution >= 0.6 is 0 Å². The number of nitrogens with zero attached hydrogens (tertiary/aromatic N) is 2. The van der Waals surface area contributed by atoms with Crippen LogP contribution in [0.3, 0.4) is 0 Å². The highest BCUT2D eigenvalue weighted by atomic mass is 15.1. The van der Waals surface area contributed by atoms with Gasteiger partial charge in [0.25, 0.3) is 0 Å². The summed E-state index contributed by atoms with van der Waals surface area (Å²) in [5.41, 5.74) is 1.24. The Kier molecular flexibility index (Phi) is 5.40. The number of piperidine rings is 1. The minimum absolute atomic E-state index is 0.371. The quantitative estimate of drug-likeness (QED) is 0.830. The topological polar surface area (TPSA) is 44.0 Å². The van der Waals surface area contributed by atoms with Crippen LogP contribution in [-0.2, 0) is 0 Å². The lowest BCUT2D eigenvalue weighted by molar-refractivity contribution is 0.147. The molecule has 1 aliphatic rings. The van der Waals surface area contributed by atoms with E-state index in [1.54, 1.807) is 0 Å². The van der Waals surface area contributed by atoms with Crippen molar-refractivity contribution in [1.82, 2.24) is 20.4 Å². The van der Waals surface area contributed by atoms with Gasteiger partial charge in [0.1, 0.15) is 0 Å². The Morgan fingerprint density at radius 2 is 2.37 bits per heavy atom. The molecular weight excluding hydrogens is 236 g/mol. The van der Waals surface area contributed by atoms with E-state index >= 15 is 0 Å². The molecule has 1 aromatic rings. The van der Waals surface area contributed by atoms with Crippen molar-refractivity contribution in [2.45, 2.75) is 52.1 Å². The normalized spacial score (nSPS) is 24.3. The maximum absolute atomic E-state index is 4.03. The molecule has 0 bridgehead atoms. The van der Waals surface area contributed by atoms with Crippen LogP contribution < -0.4 is 5.32 Å². The van der Waals surface area contributed by atoms with Crippen LogP contribution in [0.2, 0.25) is 0 Å². The maximum Gasteiger partial charge on any atom is 0.0534 e. The molecule has 3 unspecified atom stereocenters. The van der Waals surface area contributed by atoms with Crippen LogP contribution in [0.1, 0.15) is 51.6 Å². The van der Waals surface area contributed by atoms with Gasteiger partial charge in [0.2, 0.25) is 0 Å². The molecule has 4 heteroatoms. The van der Waals surface area contributed by atoms with Crippen molar-refractivity contribution in [3.63, 3.8) is 0 Å². The van der Waals surface area contributed by atoms with Gasteiger partial charge in [0.15, 0.2) is 0 Å². The third kappa shape index (κ3) is 4.05. The predicted molar refractivity (Wildman–Crippen MR) is 79.1 cm³/mol. The summed E-state index contributed by atoms with van der Waals surface area (Å²) in [7, 11) is 0. The van der Waals surface area contributed by atoms with E-state index in [2.05, 4.69) is 41.2 Å². The first-order valence-electron chi connectivity index (χ1n) is 7.67. The van der Waals surface area contributed by atoms with Crippen LogP contribution in [0.15, 0.2) is 12.4 Å². The second-order valence-corrected chi connectivity index (χ2v) is 5.91. The van der Waals surface area contributed by atoms with E-state index in [0.717, 1.165) is 5.92 Å². The summed E-state index contributed by atoms with van der Waals surface area (Å²) in [6.45, 7) is 10.6. The van der Waals surface area contributed by atoms with Crippen molar-refractivity contribution in [3.8, 4) is 0 Å². The van der Waals surface area contributed by atoms with Gasteiger partial charge >= 0.3 is 0 Å². The largest absolute Gasteiger partial charge is 0.307 e. The zero-order valence-corrected chi connectivity index (χ0v) is 12.5. The van der Waals surface area contributed by atoms with Crippen molar-refractivity contribution < 1.29 is 0 Å². The third-order valence-corrected chi connectivity index (χ3v) is 4.32. The van der Waals surface area contributed by atoms with Gasteiger partial charge in [-0.25, -0.2) is 0 Å². The van der Waals surface area contributed by atoms with Gasteiger partial charge in [0, 0.05) is 30.4 Å². The smallest absolute Gasteiger partial charge is 0.0534 e. The van der Waals surface area contributed by atoms with E-state index in [9.17, 15) is 0 Å². The Morgan fingerprint density at radius 3 is 3.05 bits per heavy atom. The highest BCUT2D eigenvalue weighted by Crippen LogP contribution is 2.22. The molecule has 2 rings (SSSR count). The number of hydrogen-bond donors (Lipinski definition) is 2. The Balaban J connectivity index is 1.83. The first-order valence-corrected chi connectivity index (χ1v) is 7.67. The van der Waals surface area contributed by atoms with Crippen molar-refractivity contribution in [3.05, 3.63) is 18.0 Å². The van der Waals surface area contributed by atoms with Crippen LogP contribution in [0.5, 0.6) is 0 Å². The number of aromatic amines is 1. The molecule has 1 saturated heterocycles. The Morgan fingerprint density at radius 1 is 1.53 bits per heavy atom. The van der Waals surface area contributed by atoms with Gasteiger partial charge < -0.3 is 10.2 Å². The molecular formula is C15H28N4. The minimum Gasteiger partial charge on any atom is -0.307 e. The van der Waals surface area contributed by atoms with Crippen LogP contribution in [0, 0.1) is 5.92 Å². The fraction of sp³-hybridized carbons (Fsp3) is 0.800. The Bertz CT molecular complexity index is 347. The number of H-pyrrole nitrogens is 1. The van der Waals surface area contributed by atoms with Gasteiger partial charge in [-0.3, -0.25) is 5.10 Å². The number of likely N-dealkylation sites (tertiary alicyclic amines) is 1. The van der Waals surface area contributed by atoms with Crippen molar-refractivity contribution >= 4 is 0 Å². The molecule has 0 radical (unpaired) electrons. The molecule has 2 heterocycles. The Hall–Kier alpha value is -0.870. The molecule has 0 amide bonds. The monoisotopic (exact) mass is 264 g/mol. The molecule has 0 saturated carbocycles. The summed E-state index contributed by atoms with van der Waals surface area (Å²) in [5.74, 6) is 0.773. The second-order valence-electron chi connectivity index (χ2n) is 5.91. The SMILES string of the molecule is CCCN1CCCC(C(C)NC(C)c2cn[nH]c2)C1. The molecule has 4 nitrogen and oxygen atoms in total. The molecule has 3 atom stereocenters. The first kappa shape index (κ1) is 14.5. The Labute approximate surface area is 117 Å². The number of aromatic nitrogens is 2. The lowest BCUT2D eigenvalue weighted by Crippen LogP contribution is -2.45. The van der Waals surface area contributed by atoms with E-state index in [0.29, 0.717) is 12.1 Å². The van der Waals surface area contributed by atoms with Gasteiger partial charge in [0.05, 0.1) is 6.20 Å². The van der Waals surface area contributed by atoms with Crippen LogP contribution in [0.25, 0.3) is 0 Å². The van der Waals surface area contributed by atoms with E-state index in [1.807, 2.05) is 12.4 Å². The lowest BCUT2D eigenvalue weighted by atomic mass is 9.91. The summed E-state index contributed by atoms with van der Waals surface area (Å²) in [4.78, 5) is 2.62. The number of rotatable bonds is 6. The molecule has 2 N–H and O–H groups in total. The molecule has 1 aromatic heterocycles. The summed E-state index contributed by atoms with van der Waals surface area (Å²) < 4.78 is 0. The van der Waals surface area contributed by atoms with Crippen LogP contribution in [-0.4, -0.2) is 40.8 Å². The first-order chi connectivity index (χ1) is 9.20. The average molecular weight is 264 g/mol. The lowest BCUT2D eigenvalue weighted by Gasteiger charge is -2.37. The van der Waals surface area contributed by atoms with Crippen molar-refractivity contribution in [2.75, 3.05) is 19.6 Å². The average Bonchev–Trinajstić information content (AvgIpc) is 2.93. The predicted octanol–water partition coefficient (Wildman–Crippen LogP) is 2.57. The maximum atomic E-state index is 4.03. The molecule has 1 fully saturated rings. The second kappa shape index (κ2) is 7.06. The molecule has 0 aromatic carbocycles. The van der Waals surface area contributed by atoms with E-state index < -0.39 is 0 Å². The number of nitrogens with one attached hydrogen (secondary N) is 2. The van der Waals surface area contributed by atoms with Gasteiger partial charge in [-0.05, 0) is 52.1 Å². The van der Waals surface area contributed by atoms with Gasteiger partial charge in [-0.15, -0.1) is 0 Å². The standard InChI is InChI=1S/C15H28N4/c1-4-7-19-8-5-6-14(11-19)12(2)18-13(3)15-9-16-17-10-15/h9-10,12-14,18H,4-8,11H2,1-3H3,(H,16,17). The summed E-state index contributed by atoms with van der Waals surface area (Å²) >= 11 is 0. The molecule has 108 valence electrons. The fourth-order valence-electron chi connectivity index (χ4n) is 3.14. The highest BCUT2D eigenvalue weighted by molar-refractivity contribution is 5.08. The zero-order valence-electron chi connectivity index (χ0n) is 12.5. The van der Waals surface area contributed by atoms with E-state index in [1.165, 1.54) is 44.5 Å². The third-order valence-electron chi connectivity index (χ3n) is 4.32. The summed E-state index contributed by atoms with van der Waals surface area (Å²) in [5, 5.41) is 10.6. The molecule has 1 aliphatic heterocycles. The molecule has 0 spiro atoms. The van der Waals surface area contributed by atoms with Gasteiger partial charge in [-0.1, -0.05) is 6.92 Å². The van der Waals surface area contributed by atoms with Gasteiger partial charge in [-0.2, -0.15) is 5.10 Å².